The van der Waals surface area contributed by atoms with Gasteiger partial charge in [0.2, 0.25) is 0 Å². The first kappa shape index (κ1) is 23.6. The Labute approximate surface area is 223 Å². The average Bonchev–Trinajstić information content (AvgIpc) is 3.22. The molecule has 0 spiro atoms. The van der Waals surface area contributed by atoms with Crippen molar-refractivity contribution in [3.63, 3.8) is 0 Å². The number of benzene rings is 4. The van der Waals surface area contributed by atoms with Gasteiger partial charge in [-0.15, -0.1) is 0 Å². The van der Waals surface area contributed by atoms with Gasteiger partial charge >= 0.3 is 0 Å². The summed E-state index contributed by atoms with van der Waals surface area (Å²) in [6.07, 6.45) is 0.900. The highest BCUT2D eigenvalue weighted by atomic mass is 79.9. The quantitative estimate of drug-likeness (QED) is 0.216. The van der Waals surface area contributed by atoms with Crippen LogP contribution < -0.4 is 0 Å². The van der Waals surface area contributed by atoms with Gasteiger partial charge in [-0.1, -0.05) is 112 Å². The molecule has 0 saturated heterocycles. The Bertz CT molecular complexity index is 1630. The molecule has 1 aliphatic rings. The lowest BCUT2D eigenvalue weighted by atomic mass is 9.59. The Balaban J connectivity index is 1.50. The van der Waals surface area contributed by atoms with Crippen molar-refractivity contribution in [3.8, 4) is 5.69 Å². The molecule has 0 amide bonds. The van der Waals surface area contributed by atoms with Crippen LogP contribution in [0.1, 0.15) is 63.8 Å². The summed E-state index contributed by atoms with van der Waals surface area (Å²) >= 11 is 3.96. The molecule has 1 aliphatic carbocycles. The second kappa shape index (κ2) is 7.83. The topological polar surface area (TPSA) is 4.93 Å². The molecule has 4 aromatic carbocycles. The summed E-state index contributed by atoms with van der Waals surface area (Å²) in [5, 5.41) is 2.60. The van der Waals surface area contributed by atoms with E-state index in [2.05, 4.69) is 147 Å². The summed E-state index contributed by atoms with van der Waals surface area (Å²) in [7, 11) is 0. The van der Waals surface area contributed by atoms with Crippen LogP contribution in [-0.2, 0) is 17.3 Å². The monoisotopic (exact) mass is 535 g/mol. The zero-order valence-corrected chi connectivity index (χ0v) is 23.7. The lowest BCUT2D eigenvalue weighted by Crippen LogP contribution is -2.42. The Hall–Kier alpha value is -2.84. The SMILES string of the molecule is CC1(C)c2cc(Br)c(Cc3ccc4c5ccccc5n(-c5ccccc5)c4c3)cc2C(C)(C)C1(C)C. The summed E-state index contributed by atoms with van der Waals surface area (Å²) in [4.78, 5) is 0. The molecule has 6 rings (SSSR count). The normalized spacial score (nSPS) is 17.5. The highest BCUT2D eigenvalue weighted by Crippen LogP contribution is 2.62. The molecule has 36 heavy (non-hydrogen) atoms. The van der Waals surface area contributed by atoms with E-state index in [1.54, 1.807) is 0 Å². The number of rotatable bonds is 3. The van der Waals surface area contributed by atoms with Gasteiger partial charge in [0.25, 0.3) is 0 Å². The molecular formula is C34H34BrN. The molecule has 0 saturated carbocycles. The molecule has 1 heterocycles. The zero-order valence-electron chi connectivity index (χ0n) is 22.1. The molecule has 0 aliphatic heterocycles. The van der Waals surface area contributed by atoms with Crippen LogP contribution in [-0.4, -0.2) is 4.57 Å². The minimum Gasteiger partial charge on any atom is -0.309 e. The minimum atomic E-state index is 0.102. The fourth-order valence-corrected chi connectivity index (χ4v) is 6.93. The maximum absolute atomic E-state index is 3.96. The van der Waals surface area contributed by atoms with Gasteiger partial charge in [-0.05, 0) is 75.3 Å². The first-order valence-corrected chi connectivity index (χ1v) is 13.7. The molecule has 0 unspecified atom stereocenters. The van der Waals surface area contributed by atoms with Crippen LogP contribution in [0.3, 0.4) is 0 Å². The summed E-state index contributed by atoms with van der Waals surface area (Å²) in [6, 6.07) is 31.3. The Kier molecular flexibility index (Phi) is 5.12. The maximum atomic E-state index is 3.96. The van der Waals surface area contributed by atoms with Crippen molar-refractivity contribution in [1.82, 2.24) is 4.57 Å². The Morgan fingerprint density at radius 3 is 1.97 bits per heavy atom. The van der Waals surface area contributed by atoms with Crippen LogP contribution in [0.15, 0.2) is 89.4 Å². The van der Waals surface area contributed by atoms with Crippen LogP contribution in [0.2, 0.25) is 0 Å². The standard InChI is InChI=1S/C34H34BrN/c1-32(2)27-20-23(29(35)21-28(27)33(3,4)34(32,5)6)18-22-16-17-26-25-14-10-11-15-30(25)36(31(26)19-22)24-12-8-7-9-13-24/h7-17,19-21H,18H2,1-6H3. The van der Waals surface area contributed by atoms with E-state index in [1.807, 2.05) is 0 Å². The smallest absolute Gasteiger partial charge is 0.0543 e. The number of aromatic nitrogens is 1. The van der Waals surface area contributed by atoms with Crippen LogP contribution in [0.5, 0.6) is 0 Å². The van der Waals surface area contributed by atoms with E-state index in [0.717, 1.165) is 6.42 Å². The third-order valence-electron chi connectivity index (χ3n) is 9.81. The van der Waals surface area contributed by atoms with Crippen molar-refractivity contribution < 1.29 is 0 Å². The fourth-order valence-electron chi connectivity index (χ4n) is 6.44. The van der Waals surface area contributed by atoms with Crippen LogP contribution in [0.25, 0.3) is 27.5 Å². The maximum Gasteiger partial charge on any atom is 0.0543 e. The summed E-state index contributed by atoms with van der Waals surface area (Å²) in [5.74, 6) is 0. The summed E-state index contributed by atoms with van der Waals surface area (Å²) in [5.41, 5.74) is 9.76. The molecule has 1 nitrogen and oxygen atoms in total. The number of para-hydroxylation sites is 2. The molecular weight excluding hydrogens is 502 g/mol. The van der Waals surface area contributed by atoms with Crippen LogP contribution in [0, 0.1) is 5.41 Å². The number of hydrogen-bond acceptors (Lipinski definition) is 0. The van der Waals surface area contributed by atoms with Gasteiger partial charge in [0.15, 0.2) is 0 Å². The second-order valence-electron chi connectivity index (χ2n) is 12.1. The van der Waals surface area contributed by atoms with Gasteiger partial charge in [-0.25, -0.2) is 0 Å². The van der Waals surface area contributed by atoms with E-state index in [9.17, 15) is 0 Å². The van der Waals surface area contributed by atoms with E-state index in [0.29, 0.717) is 0 Å². The number of hydrogen-bond donors (Lipinski definition) is 0. The van der Waals surface area contributed by atoms with E-state index in [4.69, 9.17) is 0 Å². The lowest BCUT2D eigenvalue weighted by Gasteiger charge is -2.44. The molecule has 182 valence electrons. The van der Waals surface area contributed by atoms with E-state index in [-0.39, 0.29) is 16.2 Å². The largest absolute Gasteiger partial charge is 0.309 e. The molecule has 2 heteroatoms. The average molecular weight is 537 g/mol. The predicted octanol–water partition coefficient (Wildman–Crippen LogP) is 9.73. The van der Waals surface area contributed by atoms with Gasteiger partial charge in [-0.3, -0.25) is 0 Å². The van der Waals surface area contributed by atoms with Crippen LogP contribution >= 0.6 is 15.9 Å². The first-order chi connectivity index (χ1) is 17.0. The van der Waals surface area contributed by atoms with Crippen molar-refractivity contribution in [2.24, 2.45) is 5.41 Å². The van der Waals surface area contributed by atoms with Gasteiger partial charge in [0.05, 0.1) is 11.0 Å². The van der Waals surface area contributed by atoms with Crippen molar-refractivity contribution in [2.75, 3.05) is 0 Å². The van der Waals surface area contributed by atoms with Crippen molar-refractivity contribution in [2.45, 2.75) is 58.8 Å². The predicted molar refractivity (Wildman–Crippen MR) is 158 cm³/mol. The number of nitrogens with zero attached hydrogens (tertiary/aromatic N) is 1. The molecule has 1 aromatic heterocycles. The van der Waals surface area contributed by atoms with Gasteiger partial charge in [-0.2, -0.15) is 0 Å². The lowest BCUT2D eigenvalue weighted by molar-refractivity contribution is 0.125. The Morgan fingerprint density at radius 1 is 0.639 bits per heavy atom. The van der Waals surface area contributed by atoms with Crippen molar-refractivity contribution in [3.05, 3.63) is 112 Å². The highest BCUT2D eigenvalue weighted by Gasteiger charge is 2.56. The zero-order chi connectivity index (χ0) is 25.5. The van der Waals surface area contributed by atoms with Crippen LogP contribution in [0.4, 0.5) is 0 Å². The molecule has 0 bridgehead atoms. The Morgan fingerprint density at radius 2 is 1.25 bits per heavy atom. The number of fused-ring (bicyclic) bond motifs is 4. The molecule has 0 N–H and O–H groups in total. The summed E-state index contributed by atoms with van der Waals surface area (Å²) < 4.78 is 3.62. The third kappa shape index (κ3) is 3.13. The minimum absolute atomic E-state index is 0.102. The van der Waals surface area contributed by atoms with E-state index >= 15 is 0 Å². The highest BCUT2D eigenvalue weighted by molar-refractivity contribution is 9.10. The molecule has 0 fully saturated rings. The molecule has 0 radical (unpaired) electrons. The van der Waals surface area contributed by atoms with E-state index < -0.39 is 0 Å². The van der Waals surface area contributed by atoms with E-state index in [1.165, 1.54) is 54.2 Å². The second-order valence-corrected chi connectivity index (χ2v) is 12.9. The molecule has 0 atom stereocenters. The third-order valence-corrected chi connectivity index (χ3v) is 10.5. The summed E-state index contributed by atoms with van der Waals surface area (Å²) in [6.45, 7) is 14.5. The van der Waals surface area contributed by atoms with Crippen molar-refractivity contribution >= 4 is 37.7 Å². The number of halogens is 1. The first-order valence-electron chi connectivity index (χ1n) is 12.9. The fraction of sp³-hybridized carbons (Fsp3) is 0.294. The van der Waals surface area contributed by atoms with Crippen molar-refractivity contribution in [1.29, 1.82) is 0 Å². The molecule has 5 aromatic rings. The van der Waals surface area contributed by atoms with Gasteiger partial charge in [0.1, 0.15) is 0 Å². The van der Waals surface area contributed by atoms with Gasteiger partial charge < -0.3 is 4.57 Å². The van der Waals surface area contributed by atoms with Gasteiger partial charge in [0, 0.05) is 20.9 Å².